The van der Waals surface area contributed by atoms with Crippen LogP contribution in [0, 0.1) is 12.8 Å². The van der Waals surface area contributed by atoms with E-state index in [0.29, 0.717) is 38.3 Å². The predicted molar refractivity (Wildman–Crippen MR) is 132 cm³/mol. The molecule has 1 saturated heterocycles. The Hall–Kier alpha value is -2.97. The van der Waals surface area contributed by atoms with Crippen LogP contribution in [0.4, 0.5) is 11.4 Å². The smallest absolute Gasteiger partial charge is 0.267 e. The number of benzene rings is 2. The van der Waals surface area contributed by atoms with E-state index in [-0.39, 0.29) is 30.2 Å². The van der Waals surface area contributed by atoms with Crippen LogP contribution in [0.15, 0.2) is 53.4 Å². The molecule has 4 rings (SSSR count). The number of para-hydroxylation sites is 1. The van der Waals surface area contributed by atoms with Gasteiger partial charge in [-0.05, 0) is 36.6 Å². The molecule has 0 atom stereocenters. The number of thioether (sulfide) groups is 1. The molecule has 0 saturated carbocycles. The van der Waals surface area contributed by atoms with Crippen LogP contribution in [-0.4, -0.2) is 40.0 Å². The first-order valence-electron chi connectivity index (χ1n) is 10.3. The highest BCUT2D eigenvalue weighted by Gasteiger charge is 2.42. The fraction of sp³-hybridized carbons (Fsp3) is 0.250. The number of rotatable bonds is 5. The minimum absolute atomic E-state index is 0.153. The van der Waals surface area contributed by atoms with Crippen LogP contribution in [0.3, 0.4) is 0 Å². The van der Waals surface area contributed by atoms with Crippen molar-refractivity contribution in [3.8, 4) is 0 Å². The minimum atomic E-state index is -0.365. The lowest BCUT2D eigenvalue weighted by Gasteiger charge is -2.17. The summed E-state index contributed by atoms with van der Waals surface area (Å²) in [4.78, 5) is 42.6. The summed E-state index contributed by atoms with van der Waals surface area (Å²) in [7, 11) is 0. The Labute approximate surface area is 196 Å². The maximum absolute atomic E-state index is 13.4. The van der Waals surface area contributed by atoms with Crippen molar-refractivity contribution < 1.29 is 14.4 Å². The highest BCUT2D eigenvalue weighted by atomic mass is 32.2. The number of hydrogen-bond donors (Lipinski definition) is 1. The number of hydrogen-bond acceptors (Lipinski definition) is 5. The molecule has 6 nitrogen and oxygen atoms in total. The first-order valence-corrected chi connectivity index (χ1v) is 11.5. The number of anilines is 2. The van der Waals surface area contributed by atoms with Gasteiger partial charge >= 0.3 is 0 Å². The van der Waals surface area contributed by atoms with E-state index in [4.69, 9.17) is 12.2 Å². The number of carbonyl (C=O) groups is 3. The van der Waals surface area contributed by atoms with Crippen molar-refractivity contribution in [2.45, 2.75) is 20.8 Å². The van der Waals surface area contributed by atoms with Crippen LogP contribution < -0.4 is 10.2 Å². The van der Waals surface area contributed by atoms with Crippen LogP contribution in [0.1, 0.15) is 25.0 Å². The Morgan fingerprint density at radius 2 is 1.81 bits per heavy atom. The topological polar surface area (TPSA) is 69.7 Å². The zero-order chi connectivity index (χ0) is 23.0. The average molecular weight is 466 g/mol. The van der Waals surface area contributed by atoms with E-state index in [0.717, 1.165) is 17.3 Å². The summed E-state index contributed by atoms with van der Waals surface area (Å²) in [6, 6.07) is 14.7. The van der Waals surface area contributed by atoms with Gasteiger partial charge in [0.1, 0.15) is 10.9 Å². The van der Waals surface area contributed by atoms with Crippen molar-refractivity contribution in [3.05, 3.63) is 64.6 Å². The molecule has 0 bridgehead atoms. The number of aryl methyl sites for hydroxylation is 1. The first kappa shape index (κ1) is 22.2. The van der Waals surface area contributed by atoms with Gasteiger partial charge in [-0.1, -0.05) is 68.2 Å². The molecular formula is C24H23N3O3S2. The second-order valence-electron chi connectivity index (χ2n) is 8.21. The normalized spacial score (nSPS) is 18.1. The molecule has 32 heavy (non-hydrogen) atoms. The van der Waals surface area contributed by atoms with E-state index in [1.54, 1.807) is 23.1 Å². The Morgan fingerprint density at radius 1 is 1.06 bits per heavy atom. The highest BCUT2D eigenvalue weighted by molar-refractivity contribution is 8.26. The van der Waals surface area contributed by atoms with Gasteiger partial charge in [-0.2, -0.15) is 0 Å². The van der Waals surface area contributed by atoms with Crippen LogP contribution in [0.25, 0.3) is 5.57 Å². The van der Waals surface area contributed by atoms with E-state index >= 15 is 0 Å². The molecule has 1 fully saturated rings. The Morgan fingerprint density at radius 3 is 2.53 bits per heavy atom. The second-order valence-corrected chi connectivity index (χ2v) is 9.85. The minimum Gasteiger partial charge on any atom is -0.325 e. The van der Waals surface area contributed by atoms with Crippen molar-refractivity contribution in [3.63, 3.8) is 0 Å². The summed E-state index contributed by atoms with van der Waals surface area (Å²) in [5, 5.41) is 2.84. The van der Waals surface area contributed by atoms with E-state index in [1.807, 2.05) is 51.1 Å². The van der Waals surface area contributed by atoms with Crippen molar-refractivity contribution in [1.29, 1.82) is 0 Å². The number of nitrogens with one attached hydrogen (secondary N) is 1. The molecular weight excluding hydrogens is 442 g/mol. The van der Waals surface area contributed by atoms with Crippen LogP contribution >= 0.6 is 24.0 Å². The highest BCUT2D eigenvalue weighted by Crippen LogP contribution is 2.44. The third kappa shape index (κ3) is 4.20. The van der Waals surface area contributed by atoms with Gasteiger partial charge in [0.2, 0.25) is 5.91 Å². The molecule has 8 heteroatoms. The molecule has 0 radical (unpaired) electrons. The standard InChI is InChI=1S/C24H23N3O3S2/c1-14(2)12-27-23(30)21(32-24(27)31)20-17-9-4-5-10-18(17)26(22(20)29)13-19(28)25-16-8-6-7-15(3)11-16/h4-11,14H,12-13H2,1-3H3,(H,25,28). The number of carbonyl (C=O) groups excluding carboxylic acids is 3. The predicted octanol–water partition coefficient (Wildman–Crippen LogP) is 4.21. The van der Waals surface area contributed by atoms with Gasteiger partial charge in [-0.25, -0.2) is 0 Å². The van der Waals surface area contributed by atoms with E-state index in [2.05, 4.69) is 5.32 Å². The largest absolute Gasteiger partial charge is 0.325 e. The summed E-state index contributed by atoms with van der Waals surface area (Å²) in [5.41, 5.74) is 3.26. The first-order chi connectivity index (χ1) is 15.3. The SMILES string of the molecule is Cc1cccc(NC(=O)CN2C(=O)C(=C3SC(=S)N(CC(C)C)C3=O)c3ccccc32)c1. The molecule has 2 aliphatic rings. The van der Waals surface area contributed by atoms with Crippen LogP contribution in [0.5, 0.6) is 0 Å². The second kappa shape index (κ2) is 8.88. The summed E-state index contributed by atoms with van der Waals surface area (Å²) < 4.78 is 0.451. The lowest BCUT2D eigenvalue weighted by Crippen LogP contribution is -2.36. The third-order valence-electron chi connectivity index (χ3n) is 5.15. The quantitative estimate of drug-likeness (QED) is 0.529. The Bertz CT molecular complexity index is 1170. The molecule has 2 heterocycles. The number of thiocarbonyl (C=S) groups is 1. The molecule has 2 aromatic carbocycles. The maximum Gasteiger partial charge on any atom is 0.267 e. The summed E-state index contributed by atoms with van der Waals surface area (Å²) >= 11 is 6.57. The molecule has 0 spiro atoms. The van der Waals surface area contributed by atoms with Gasteiger partial charge in [-0.3, -0.25) is 24.2 Å². The monoisotopic (exact) mass is 465 g/mol. The lowest BCUT2D eigenvalue weighted by atomic mass is 10.1. The number of nitrogens with zero attached hydrogens (tertiary/aromatic N) is 2. The van der Waals surface area contributed by atoms with E-state index < -0.39 is 0 Å². The molecule has 0 aliphatic carbocycles. The zero-order valence-electron chi connectivity index (χ0n) is 18.0. The molecule has 0 unspecified atom stereocenters. The zero-order valence-corrected chi connectivity index (χ0v) is 19.7. The molecule has 0 aromatic heterocycles. The summed E-state index contributed by atoms with van der Waals surface area (Å²) in [6.45, 7) is 6.31. The molecule has 1 N–H and O–H groups in total. The number of fused-ring (bicyclic) bond motifs is 1. The maximum atomic E-state index is 13.4. The Balaban J connectivity index is 1.64. The third-order valence-corrected chi connectivity index (χ3v) is 6.60. The molecule has 2 aromatic rings. The van der Waals surface area contributed by atoms with Crippen LogP contribution in [-0.2, 0) is 14.4 Å². The summed E-state index contributed by atoms with van der Waals surface area (Å²) in [6.07, 6.45) is 0. The lowest BCUT2D eigenvalue weighted by molar-refractivity contribution is -0.122. The Kier molecular flexibility index (Phi) is 6.17. The van der Waals surface area contributed by atoms with Gasteiger partial charge < -0.3 is 5.32 Å². The van der Waals surface area contributed by atoms with Crippen molar-refractivity contribution in [2.24, 2.45) is 5.92 Å². The van der Waals surface area contributed by atoms with E-state index in [1.165, 1.54) is 4.90 Å². The van der Waals surface area contributed by atoms with Crippen molar-refractivity contribution >= 4 is 63.0 Å². The van der Waals surface area contributed by atoms with Crippen molar-refractivity contribution in [2.75, 3.05) is 23.3 Å². The van der Waals surface area contributed by atoms with Gasteiger partial charge in [0.15, 0.2) is 0 Å². The molecule has 164 valence electrons. The van der Waals surface area contributed by atoms with E-state index in [9.17, 15) is 14.4 Å². The van der Waals surface area contributed by atoms with Gasteiger partial charge in [0.25, 0.3) is 11.8 Å². The van der Waals surface area contributed by atoms with Crippen LogP contribution in [0.2, 0.25) is 0 Å². The van der Waals surface area contributed by atoms with Crippen molar-refractivity contribution in [1.82, 2.24) is 4.90 Å². The molecule has 3 amide bonds. The van der Waals surface area contributed by atoms with Gasteiger partial charge in [0, 0.05) is 17.8 Å². The summed E-state index contributed by atoms with van der Waals surface area (Å²) in [5.74, 6) is -0.684. The average Bonchev–Trinajstić information content (AvgIpc) is 3.15. The number of amides is 3. The molecule has 2 aliphatic heterocycles. The van der Waals surface area contributed by atoms with Gasteiger partial charge in [-0.15, -0.1) is 0 Å². The fourth-order valence-electron chi connectivity index (χ4n) is 3.80. The fourth-order valence-corrected chi connectivity index (χ4v) is 5.14. The van der Waals surface area contributed by atoms with Gasteiger partial charge in [0.05, 0.1) is 16.2 Å².